The number of carbonyl (C=O) groups is 2. The second-order valence-corrected chi connectivity index (χ2v) is 5.83. The molecular weight excluding hydrogens is 312 g/mol. The van der Waals surface area contributed by atoms with Gasteiger partial charge in [0.15, 0.2) is 0 Å². The van der Waals surface area contributed by atoms with Gasteiger partial charge in [0.2, 0.25) is 5.91 Å². The Morgan fingerprint density at radius 3 is 2.64 bits per heavy atom. The highest BCUT2D eigenvalue weighted by Crippen LogP contribution is 2.22. The molecule has 0 aromatic heterocycles. The van der Waals surface area contributed by atoms with Crippen molar-refractivity contribution < 1.29 is 23.1 Å². The van der Waals surface area contributed by atoms with Crippen LogP contribution in [0.1, 0.15) is 20.3 Å². The number of hydrogen-bond donors (Lipinski definition) is 1. The van der Waals surface area contributed by atoms with Gasteiger partial charge in [0.05, 0.1) is 12.9 Å². The molecule has 1 amide bonds. The van der Waals surface area contributed by atoms with Gasteiger partial charge >= 0.3 is 5.97 Å². The van der Waals surface area contributed by atoms with Gasteiger partial charge in [-0.2, -0.15) is 0 Å². The standard InChI is InChI=1S/C15H19F2NO3S/c1-4-9(2)14(15(20)21-3)18-13(19)8-22-12-7-10(16)5-6-11(12)17/h5-7,9,14H,4,8H2,1-3H3,(H,18,19)/t9-,14+/m1/s1. The summed E-state index contributed by atoms with van der Waals surface area (Å²) in [6.07, 6.45) is 0.686. The summed E-state index contributed by atoms with van der Waals surface area (Å²) >= 11 is 0.871. The van der Waals surface area contributed by atoms with E-state index >= 15 is 0 Å². The van der Waals surface area contributed by atoms with Gasteiger partial charge in [0.1, 0.15) is 17.7 Å². The minimum atomic E-state index is -0.750. The number of amides is 1. The number of nitrogens with one attached hydrogen (secondary N) is 1. The fourth-order valence-electron chi connectivity index (χ4n) is 1.74. The second-order valence-electron chi connectivity index (χ2n) is 4.82. The number of esters is 1. The lowest BCUT2D eigenvalue weighted by atomic mass is 9.99. The van der Waals surface area contributed by atoms with E-state index < -0.39 is 29.6 Å². The summed E-state index contributed by atoms with van der Waals surface area (Å²) in [5, 5.41) is 2.57. The van der Waals surface area contributed by atoms with Crippen LogP contribution < -0.4 is 5.32 Å². The molecular formula is C15H19F2NO3S. The first-order chi connectivity index (χ1) is 10.4. The van der Waals surface area contributed by atoms with Crippen molar-refractivity contribution in [3.63, 3.8) is 0 Å². The molecule has 0 bridgehead atoms. The normalized spacial score (nSPS) is 13.3. The number of carbonyl (C=O) groups excluding carboxylic acids is 2. The number of methoxy groups -OCH3 is 1. The first-order valence-electron chi connectivity index (χ1n) is 6.84. The summed E-state index contributed by atoms with van der Waals surface area (Å²) in [5.41, 5.74) is 0. The van der Waals surface area contributed by atoms with E-state index in [0.717, 1.165) is 30.0 Å². The topological polar surface area (TPSA) is 55.4 Å². The SMILES string of the molecule is CC[C@@H](C)[C@H](NC(=O)CSc1cc(F)ccc1F)C(=O)OC. The van der Waals surface area contributed by atoms with Crippen molar-refractivity contribution in [2.75, 3.05) is 12.9 Å². The molecule has 1 aromatic carbocycles. The third kappa shape index (κ3) is 5.29. The predicted molar refractivity (Wildman–Crippen MR) is 80.5 cm³/mol. The van der Waals surface area contributed by atoms with E-state index in [9.17, 15) is 18.4 Å². The minimum absolute atomic E-state index is 0.0494. The molecule has 122 valence electrons. The zero-order chi connectivity index (χ0) is 16.7. The Morgan fingerprint density at radius 1 is 1.36 bits per heavy atom. The Hall–Kier alpha value is -1.63. The highest BCUT2D eigenvalue weighted by atomic mass is 32.2. The number of halogens is 2. The van der Waals surface area contributed by atoms with Crippen LogP contribution in [0.25, 0.3) is 0 Å². The van der Waals surface area contributed by atoms with Crippen LogP contribution in [0, 0.1) is 17.6 Å². The van der Waals surface area contributed by atoms with Crippen molar-refractivity contribution >= 4 is 23.6 Å². The van der Waals surface area contributed by atoms with Crippen molar-refractivity contribution in [1.29, 1.82) is 0 Å². The van der Waals surface area contributed by atoms with Crippen LogP contribution in [0.5, 0.6) is 0 Å². The average molecular weight is 331 g/mol. The molecule has 1 aromatic rings. The molecule has 0 aliphatic heterocycles. The van der Waals surface area contributed by atoms with Crippen LogP contribution >= 0.6 is 11.8 Å². The first-order valence-corrected chi connectivity index (χ1v) is 7.82. The Bertz CT molecular complexity index is 540. The molecule has 0 radical (unpaired) electrons. The molecule has 0 aliphatic carbocycles. The molecule has 4 nitrogen and oxygen atoms in total. The predicted octanol–water partition coefficient (Wildman–Crippen LogP) is 2.76. The zero-order valence-electron chi connectivity index (χ0n) is 12.7. The number of benzene rings is 1. The minimum Gasteiger partial charge on any atom is -0.467 e. The van der Waals surface area contributed by atoms with Gasteiger partial charge in [0, 0.05) is 4.90 Å². The number of rotatable bonds is 7. The maximum absolute atomic E-state index is 13.5. The molecule has 1 N–H and O–H groups in total. The summed E-state index contributed by atoms with van der Waals surface area (Å²) in [6.45, 7) is 3.71. The van der Waals surface area contributed by atoms with Crippen LogP contribution in [0.2, 0.25) is 0 Å². The molecule has 1 rings (SSSR count). The van der Waals surface area contributed by atoms with Crippen LogP contribution in [0.3, 0.4) is 0 Å². The van der Waals surface area contributed by atoms with Crippen molar-refractivity contribution in [3.8, 4) is 0 Å². The molecule has 2 atom stereocenters. The summed E-state index contributed by atoms with van der Waals surface area (Å²) in [6, 6.07) is 2.29. The summed E-state index contributed by atoms with van der Waals surface area (Å²) in [5.74, 6) is -2.34. The van der Waals surface area contributed by atoms with Crippen molar-refractivity contribution in [2.24, 2.45) is 5.92 Å². The van der Waals surface area contributed by atoms with Crippen molar-refractivity contribution in [3.05, 3.63) is 29.8 Å². The average Bonchev–Trinajstić information content (AvgIpc) is 2.51. The molecule has 0 unspecified atom stereocenters. The molecule has 7 heteroatoms. The third-order valence-electron chi connectivity index (χ3n) is 3.24. The van der Waals surface area contributed by atoms with Gasteiger partial charge in [-0.25, -0.2) is 13.6 Å². The van der Waals surface area contributed by atoms with Crippen LogP contribution in [0.4, 0.5) is 8.78 Å². The zero-order valence-corrected chi connectivity index (χ0v) is 13.5. The molecule has 0 spiro atoms. The monoisotopic (exact) mass is 331 g/mol. The fraction of sp³-hybridized carbons (Fsp3) is 0.467. The second kappa shape index (κ2) is 8.73. The van der Waals surface area contributed by atoms with E-state index in [0.29, 0.717) is 6.42 Å². The number of hydrogen-bond acceptors (Lipinski definition) is 4. The highest BCUT2D eigenvalue weighted by Gasteiger charge is 2.26. The molecule has 0 saturated carbocycles. The van der Waals surface area contributed by atoms with Crippen LogP contribution in [0.15, 0.2) is 23.1 Å². The van der Waals surface area contributed by atoms with E-state index in [2.05, 4.69) is 10.1 Å². The van der Waals surface area contributed by atoms with Crippen molar-refractivity contribution in [1.82, 2.24) is 5.32 Å². The third-order valence-corrected chi connectivity index (χ3v) is 4.27. The maximum Gasteiger partial charge on any atom is 0.328 e. The molecule has 22 heavy (non-hydrogen) atoms. The Kier molecular flexibility index (Phi) is 7.31. The summed E-state index contributed by atoms with van der Waals surface area (Å²) in [7, 11) is 1.25. The number of thioether (sulfide) groups is 1. The largest absolute Gasteiger partial charge is 0.467 e. The van der Waals surface area contributed by atoms with Crippen LogP contribution in [-0.2, 0) is 14.3 Å². The van der Waals surface area contributed by atoms with E-state index in [4.69, 9.17) is 0 Å². The van der Waals surface area contributed by atoms with E-state index in [1.165, 1.54) is 7.11 Å². The molecule has 0 aliphatic rings. The summed E-state index contributed by atoms with van der Waals surface area (Å²) < 4.78 is 31.2. The Labute approximate surface area is 132 Å². The van der Waals surface area contributed by atoms with Gasteiger partial charge in [-0.1, -0.05) is 20.3 Å². The van der Waals surface area contributed by atoms with E-state index in [1.54, 1.807) is 0 Å². The maximum atomic E-state index is 13.5. The lowest BCUT2D eigenvalue weighted by Crippen LogP contribution is -2.46. The summed E-state index contributed by atoms with van der Waals surface area (Å²) in [4.78, 5) is 23.6. The van der Waals surface area contributed by atoms with Gasteiger partial charge in [0.25, 0.3) is 0 Å². The van der Waals surface area contributed by atoms with Gasteiger partial charge in [-0.15, -0.1) is 11.8 Å². The fourth-order valence-corrected chi connectivity index (χ4v) is 2.51. The van der Waals surface area contributed by atoms with Gasteiger partial charge < -0.3 is 10.1 Å². The lowest BCUT2D eigenvalue weighted by Gasteiger charge is -2.21. The van der Waals surface area contributed by atoms with Gasteiger partial charge in [-0.05, 0) is 24.1 Å². The molecule has 0 heterocycles. The molecule has 0 fully saturated rings. The van der Waals surface area contributed by atoms with E-state index in [-0.39, 0.29) is 16.6 Å². The lowest BCUT2D eigenvalue weighted by molar-refractivity contribution is -0.146. The Morgan fingerprint density at radius 2 is 2.05 bits per heavy atom. The number of ether oxygens (including phenoxy) is 1. The van der Waals surface area contributed by atoms with Crippen molar-refractivity contribution in [2.45, 2.75) is 31.2 Å². The first kappa shape index (κ1) is 18.4. The Balaban J connectivity index is 2.64. The van der Waals surface area contributed by atoms with Gasteiger partial charge in [-0.3, -0.25) is 4.79 Å². The van der Waals surface area contributed by atoms with E-state index in [1.807, 2.05) is 13.8 Å². The smallest absolute Gasteiger partial charge is 0.328 e. The highest BCUT2D eigenvalue weighted by molar-refractivity contribution is 8.00. The molecule has 0 saturated heterocycles. The van der Waals surface area contributed by atoms with Crippen LogP contribution in [-0.4, -0.2) is 30.8 Å². The quantitative estimate of drug-likeness (QED) is 0.617.